The first-order valence-corrected chi connectivity index (χ1v) is 16.2. The van der Waals surface area contributed by atoms with Gasteiger partial charge in [-0.2, -0.15) is 0 Å². The van der Waals surface area contributed by atoms with E-state index in [-0.39, 0.29) is 23.6 Å². The molecule has 4 N–H and O–H groups in total. The molecule has 0 aliphatic rings. The average Bonchev–Trinajstić information content (AvgIpc) is 3.38. The molecule has 0 aliphatic carbocycles. The summed E-state index contributed by atoms with van der Waals surface area (Å²) in [4.78, 5) is 33.8. The van der Waals surface area contributed by atoms with E-state index in [9.17, 15) is 29.4 Å². The number of carbonyl (C=O) groups is 1. The summed E-state index contributed by atoms with van der Waals surface area (Å²) in [6, 6.07) is 30.6. The van der Waals surface area contributed by atoms with Crippen LogP contribution in [0.4, 0.5) is 5.69 Å². The molecule has 2 atom stereocenters. The molecule has 1 unspecified atom stereocenters. The maximum absolute atomic E-state index is 12.6. The number of rotatable bonds is 12. The third kappa shape index (κ3) is 7.07. The zero-order valence-corrected chi connectivity index (χ0v) is 25.8. The molecule has 8 nitrogen and oxygen atoms in total. The summed E-state index contributed by atoms with van der Waals surface area (Å²) in [7, 11) is -4.38. The van der Waals surface area contributed by atoms with E-state index in [2.05, 4.69) is 11.8 Å². The van der Waals surface area contributed by atoms with E-state index < -0.39 is 19.6 Å². The number of carboxylic acid groups (broad SMARTS) is 1. The summed E-state index contributed by atoms with van der Waals surface area (Å²) in [5.41, 5.74) is 4.57. The Bertz CT molecular complexity index is 1800. The molecule has 1 aromatic heterocycles. The summed E-state index contributed by atoms with van der Waals surface area (Å²) in [5.74, 6) is -1.05. The lowest BCUT2D eigenvalue weighted by Gasteiger charge is -2.31. The molecule has 5 rings (SSSR count). The van der Waals surface area contributed by atoms with Crippen LogP contribution in [0.25, 0.3) is 10.9 Å². The van der Waals surface area contributed by atoms with Crippen LogP contribution in [0.5, 0.6) is 0 Å². The lowest BCUT2D eigenvalue weighted by atomic mass is 9.98. The van der Waals surface area contributed by atoms with Gasteiger partial charge in [0.25, 0.3) is 0 Å². The Balaban J connectivity index is 1.52. The van der Waals surface area contributed by atoms with Crippen molar-refractivity contribution < 1.29 is 29.4 Å². The van der Waals surface area contributed by atoms with Gasteiger partial charge in [-0.05, 0) is 85.0 Å². The molecule has 0 saturated carbocycles. The van der Waals surface area contributed by atoms with Crippen LogP contribution in [0.1, 0.15) is 40.1 Å². The highest BCUT2D eigenvalue weighted by Crippen LogP contribution is 2.35. The summed E-state index contributed by atoms with van der Waals surface area (Å²) in [6.45, 7) is 2.51. The number of benzene rings is 4. The van der Waals surface area contributed by atoms with Crippen molar-refractivity contribution in [2.75, 3.05) is 18.1 Å². The topological polar surface area (TPSA) is 123 Å². The number of hydrogen-bond donors (Lipinski definition) is 4. The fourth-order valence-corrected chi connectivity index (χ4v) is 6.54. The Morgan fingerprint density at radius 3 is 2.23 bits per heavy atom. The number of fused-ring (bicyclic) bond motifs is 1. The SMILES string of the molecule is C[C@H](Cc1ccc2c(c1)cc(C(=O)O)n2C(Cc1ccc(P(=O)(O)O)cc1)c1ccccc1)N(CCO)c1cccc(Cl)c1. The fraction of sp³-hybridized carbons (Fsp3) is 0.206. The van der Waals surface area contributed by atoms with Gasteiger partial charge in [-0.25, -0.2) is 4.79 Å². The first kappa shape index (κ1) is 31.5. The van der Waals surface area contributed by atoms with E-state index in [1.54, 1.807) is 18.2 Å². The molecule has 5 aromatic rings. The van der Waals surface area contributed by atoms with E-state index in [1.807, 2.05) is 77.4 Å². The van der Waals surface area contributed by atoms with Crippen LogP contribution < -0.4 is 10.2 Å². The van der Waals surface area contributed by atoms with Gasteiger partial charge in [0.15, 0.2) is 0 Å². The van der Waals surface area contributed by atoms with E-state index in [0.29, 0.717) is 24.4 Å². The number of aliphatic hydroxyl groups excluding tert-OH is 1. The number of aromatic nitrogens is 1. The smallest absolute Gasteiger partial charge is 0.356 e. The van der Waals surface area contributed by atoms with Crippen LogP contribution in [-0.4, -0.2) is 49.7 Å². The Labute approximate surface area is 260 Å². The van der Waals surface area contributed by atoms with Crippen molar-refractivity contribution in [1.29, 1.82) is 0 Å². The lowest BCUT2D eigenvalue weighted by Crippen LogP contribution is -2.37. The molecule has 0 amide bonds. The summed E-state index contributed by atoms with van der Waals surface area (Å²) in [5, 5.41) is 21.4. The molecule has 0 radical (unpaired) electrons. The number of anilines is 1. The molecule has 44 heavy (non-hydrogen) atoms. The number of aromatic carboxylic acids is 1. The van der Waals surface area contributed by atoms with Crippen molar-refractivity contribution in [3.63, 3.8) is 0 Å². The van der Waals surface area contributed by atoms with Crippen LogP contribution in [0.2, 0.25) is 5.02 Å². The summed E-state index contributed by atoms with van der Waals surface area (Å²) < 4.78 is 13.5. The Hall–Kier alpha value is -3.91. The van der Waals surface area contributed by atoms with Crippen LogP contribution in [-0.2, 0) is 17.4 Å². The predicted octanol–water partition coefficient (Wildman–Crippen LogP) is 6.06. The number of aliphatic hydroxyl groups is 1. The Morgan fingerprint density at radius 1 is 0.886 bits per heavy atom. The third-order valence-electron chi connectivity index (χ3n) is 7.86. The average molecular weight is 633 g/mol. The van der Waals surface area contributed by atoms with Crippen molar-refractivity contribution in [3.05, 3.63) is 131 Å². The number of carboxylic acids is 1. The first-order chi connectivity index (χ1) is 21.0. The number of hydrogen-bond acceptors (Lipinski definition) is 4. The van der Waals surface area contributed by atoms with Gasteiger partial charge in [-0.3, -0.25) is 4.57 Å². The molecule has 0 saturated heterocycles. The second-order valence-electron chi connectivity index (χ2n) is 10.9. The van der Waals surface area contributed by atoms with E-state index in [4.69, 9.17) is 11.6 Å². The van der Waals surface area contributed by atoms with Gasteiger partial charge in [0.1, 0.15) is 5.69 Å². The van der Waals surface area contributed by atoms with E-state index in [1.165, 1.54) is 12.1 Å². The zero-order chi connectivity index (χ0) is 31.4. The highest BCUT2D eigenvalue weighted by Gasteiger charge is 2.25. The molecule has 1 heterocycles. The van der Waals surface area contributed by atoms with Gasteiger partial charge in [0.2, 0.25) is 0 Å². The van der Waals surface area contributed by atoms with Gasteiger partial charge < -0.3 is 29.5 Å². The van der Waals surface area contributed by atoms with Gasteiger partial charge in [-0.15, -0.1) is 0 Å². The van der Waals surface area contributed by atoms with Crippen molar-refractivity contribution >= 4 is 47.1 Å². The van der Waals surface area contributed by atoms with E-state index in [0.717, 1.165) is 33.3 Å². The summed E-state index contributed by atoms with van der Waals surface area (Å²) in [6.07, 6.45) is 1.06. The van der Waals surface area contributed by atoms with Crippen molar-refractivity contribution in [2.45, 2.75) is 31.8 Å². The molecule has 0 aliphatic heterocycles. The fourth-order valence-electron chi connectivity index (χ4n) is 5.81. The Morgan fingerprint density at radius 2 is 1.59 bits per heavy atom. The normalized spacial score (nSPS) is 13.1. The highest BCUT2D eigenvalue weighted by atomic mass is 35.5. The Kier molecular flexibility index (Phi) is 9.59. The monoisotopic (exact) mass is 632 g/mol. The van der Waals surface area contributed by atoms with Crippen molar-refractivity contribution in [2.24, 2.45) is 0 Å². The highest BCUT2D eigenvalue weighted by molar-refractivity contribution is 7.60. The first-order valence-electron chi connectivity index (χ1n) is 14.3. The van der Waals surface area contributed by atoms with Gasteiger partial charge in [0.05, 0.1) is 18.0 Å². The summed E-state index contributed by atoms with van der Waals surface area (Å²) >= 11 is 6.24. The van der Waals surface area contributed by atoms with Gasteiger partial charge in [0, 0.05) is 34.2 Å². The number of halogens is 1. The predicted molar refractivity (Wildman–Crippen MR) is 174 cm³/mol. The minimum atomic E-state index is -4.38. The second kappa shape index (κ2) is 13.4. The molecule has 0 spiro atoms. The second-order valence-corrected chi connectivity index (χ2v) is 12.9. The third-order valence-corrected chi connectivity index (χ3v) is 9.07. The van der Waals surface area contributed by atoms with E-state index >= 15 is 0 Å². The van der Waals surface area contributed by atoms with Gasteiger partial charge >= 0.3 is 13.6 Å². The molecule has 4 aromatic carbocycles. The maximum atomic E-state index is 12.6. The standard InChI is InChI=1S/C34H34ClN2O6P/c1-23(36(16-17-38)29-9-5-8-28(35)22-29)18-25-12-15-31-27(19-25)21-33(34(39)40)37(31)32(26-6-3-2-4-7-26)20-24-10-13-30(14-11-24)44(41,42)43/h2-15,19,21-23,32,38H,16-18,20H2,1H3,(H,39,40)(H2,41,42,43)/t23-,32?/m1/s1. The molecule has 10 heteroatoms. The lowest BCUT2D eigenvalue weighted by molar-refractivity contribution is 0.0684. The van der Waals surface area contributed by atoms with Gasteiger partial charge in [-0.1, -0.05) is 66.2 Å². The van der Waals surface area contributed by atoms with Crippen molar-refractivity contribution in [1.82, 2.24) is 4.57 Å². The molecular formula is C34H34ClN2O6P. The number of nitrogens with zero attached hydrogens (tertiary/aromatic N) is 2. The quantitative estimate of drug-likeness (QED) is 0.123. The largest absolute Gasteiger partial charge is 0.477 e. The van der Waals surface area contributed by atoms with Crippen LogP contribution in [0.15, 0.2) is 103 Å². The minimum absolute atomic E-state index is 0.0103. The molecule has 228 valence electrons. The molecule has 0 bridgehead atoms. The molecule has 0 fully saturated rings. The minimum Gasteiger partial charge on any atom is -0.477 e. The maximum Gasteiger partial charge on any atom is 0.356 e. The van der Waals surface area contributed by atoms with Crippen LogP contribution >= 0.6 is 19.2 Å². The van der Waals surface area contributed by atoms with Crippen LogP contribution in [0, 0.1) is 0 Å². The van der Waals surface area contributed by atoms with Crippen LogP contribution in [0.3, 0.4) is 0 Å². The zero-order valence-electron chi connectivity index (χ0n) is 24.1. The van der Waals surface area contributed by atoms with Crippen molar-refractivity contribution in [3.8, 4) is 0 Å². The molecular weight excluding hydrogens is 599 g/mol.